The first-order valence-electron chi connectivity index (χ1n) is 9.87. The monoisotopic (exact) mass is 386 g/mol. The lowest BCUT2D eigenvalue weighted by atomic mass is 9.85. The molecule has 0 saturated heterocycles. The number of rotatable bonds is 7. The Kier molecular flexibility index (Phi) is 9.61. The van der Waals surface area contributed by atoms with Crippen molar-refractivity contribution in [1.29, 1.82) is 0 Å². The normalized spacial score (nSPS) is 22.8. The summed E-state index contributed by atoms with van der Waals surface area (Å²) in [6, 6.07) is 0.427. The minimum Gasteiger partial charge on any atom is -0.357 e. The number of nitrogens with zero attached hydrogens (tertiary/aromatic N) is 1. The molecule has 1 fully saturated rings. The highest BCUT2D eigenvalue weighted by atomic mass is 32.2. The first kappa shape index (κ1) is 22.9. The molecule has 0 aromatic carbocycles. The average Bonchev–Trinajstić information content (AvgIpc) is 2.53. The molecule has 26 heavy (non-hydrogen) atoms. The van der Waals surface area contributed by atoms with Gasteiger partial charge in [-0.05, 0) is 60.8 Å². The van der Waals surface area contributed by atoms with Crippen molar-refractivity contribution in [3.8, 4) is 0 Å². The van der Waals surface area contributed by atoms with Gasteiger partial charge < -0.3 is 16.0 Å². The van der Waals surface area contributed by atoms with E-state index in [1.807, 2.05) is 41.5 Å². The second-order valence-corrected chi connectivity index (χ2v) is 10.6. The molecular weight excluding hydrogens is 348 g/mol. The van der Waals surface area contributed by atoms with Crippen LogP contribution in [-0.2, 0) is 15.6 Å². The highest BCUT2D eigenvalue weighted by molar-refractivity contribution is 7.86. The van der Waals surface area contributed by atoms with Crippen LogP contribution < -0.4 is 16.0 Å². The number of carbonyl (C=O) groups is 1. The quantitative estimate of drug-likeness (QED) is 0.463. The fourth-order valence-corrected chi connectivity index (χ4v) is 3.89. The molecule has 0 aliphatic heterocycles. The lowest BCUT2D eigenvalue weighted by Gasteiger charge is -2.30. The van der Waals surface area contributed by atoms with E-state index in [-0.39, 0.29) is 28.7 Å². The predicted molar refractivity (Wildman–Crippen MR) is 111 cm³/mol. The molecule has 1 rings (SSSR count). The second-order valence-electron chi connectivity index (χ2n) is 8.29. The van der Waals surface area contributed by atoms with Crippen molar-refractivity contribution in [3.63, 3.8) is 0 Å². The smallest absolute Gasteiger partial charge is 0.223 e. The Labute approximate surface area is 161 Å². The minimum absolute atomic E-state index is 0.0694. The highest BCUT2D eigenvalue weighted by Crippen LogP contribution is 2.24. The topological polar surface area (TPSA) is 82.6 Å². The third-order valence-corrected chi connectivity index (χ3v) is 6.31. The molecule has 3 N–H and O–H groups in total. The zero-order chi connectivity index (χ0) is 19.7. The lowest BCUT2D eigenvalue weighted by molar-refractivity contribution is -0.126. The molecule has 0 heterocycles. The summed E-state index contributed by atoms with van der Waals surface area (Å²) in [5, 5.41) is 9.75. The number of hydrogen-bond acceptors (Lipinski definition) is 3. The number of amides is 1. The number of guanidine groups is 1. The van der Waals surface area contributed by atoms with E-state index < -0.39 is 10.8 Å². The Bertz CT molecular complexity index is 500. The van der Waals surface area contributed by atoms with Crippen molar-refractivity contribution in [2.45, 2.75) is 84.1 Å². The molecule has 152 valence electrons. The molecule has 6 nitrogen and oxygen atoms in total. The third-order valence-electron chi connectivity index (χ3n) is 4.39. The summed E-state index contributed by atoms with van der Waals surface area (Å²) in [4.78, 5) is 16.9. The van der Waals surface area contributed by atoms with E-state index in [9.17, 15) is 9.00 Å². The van der Waals surface area contributed by atoms with Gasteiger partial charge >= 0.3 is 0 Å². The van der Waals surface area contributed by atoms with E-state index in [0.717, 1.165) is 38.2 Å². The molecule has 1 amide bonds. The Morgan fingerprint density at radius 2 is 1.96 bits per heavy atom. The molecular formula is C19H38N4O2S. The Morgan fingerprint density at radius 1 is 1.27 bits per heavy atom. The van der Waals surface area contributed by atoms with Crippen LogP contribution in [0.3, 0.4) is 0 Å². The van der Waals surface area contributed by atoms with Crippen molar-refractivity contribution in [2.24, 2.45) is 10.9 Å². The van der Waals surface area contributed by atoms with Gasteiger partial charge in [0.05, 0.1) is 6.54 Å². The minimum atomic E-state index is -0.898. The summed E-state index contributed by atoms with van der Waals surface area (Å²) in [6.07, 6.45) is 3.87. The standard InChI is InChI=1S/C19H38N4O2S/c1-7-20-18(21-11-12-26(25)19(4,5)6)23-16-10-8-9-15(13-16)17(24)22-14(2)3/h14-16H,7-13H2,1-6H3,(H,22,24)(H2,20,21,23). The number of nitrogens with one attached hydrogen (secondary N) is 3. The van der Waals surface area contributed by atoms with Crippen molar-refractivity contribution in [2.75, 3.05) is 18.8 Å². The maximum atomic E-state index is 12.3. The molecule has 0 aromatic heterocycles. The number of carbonyl (C=O) groups excluding carboxylic acids is 1. The summed E-state index contributed by atoms with van der Waals surface area (Å²) in [5.41, 5.74) is 0. The van der Waals surface area contributed by atoms with E-state index in [2.05, 4.69) is 20.9 Å². The van der Waals surface area contributed by atoms with Gasteiger partial charge in [0.25, 0.3) is 0 Å². The summed E-state index contributed by atoms with van der Waals surface area (Å²) in [7, 11) is -0.898. The molecule has 7 heteroatoms. The molecule has 0 radical (unpaired) electrons. The molecule has 1 aliphatic rings. The van der Waals surface area contributed by atoms with Gasteiger partial charge in [-0.25, -0.2) is 0 Å². The Hall–Kier alpha value is -1.11. The molecule has 0 bridgehead atoms. The van der Waals surface area contributed by atoms with E-state index >= 15 is 0 Å². The summed E-state index contributed by atoms with van der Waals surface area (Å²) in [5.74, 6) is 1.55. The van der Waals surface area contributed by atoms with Crippen LogP contribution in [0.2, 0.25) is 0 Å². The van der Waals surface area contributed by atoms with Gasteiger partial charge in [0.1, 0.15) is 0 Å². The van der Waals surface area contributed by atoms with Crippen LogP contribution >= 0.6 is 0 Å². The molecule has 0 spiro atoms. The largest absolute Gasteiger partial charge is 0.357 e. The lowest BCUT2D eigenvalue weighted by Crippen LogP contribution is -2.47. The predicted octanol–water partition coefficient (Wildman–Crippen LogP) is 2.17. The maximum Gasteiger partial charge on any atom is 0.223 e. The van der Waals surface area contributed by atoms with Gasteiger partial charge in [-0.2, -0.15) is 0 Å². The Morgan fingerprint density at radius 3 is 2.54 bits per heavy atom. The van der Waals surface area contributed by atoms with Crippen molar-refractivity contribution >= 4 is 22.7 Å². The Balaban J connectivity index is 2.58. The third kappa shape index (κ3) is 8.52. The van der Waals surface area contributed by atoms with Gasteiger partial charge in [0.2, 0.25) is 5.91 Å². The number of hydrogen-bond donors (Lipinski definition) is 3. The van der Waals surface area contributed by atoms with Crippen molar-refractivity contribution in [3.05, 3.63) is 0 Å². The first-order valence-corrected chi connectivity index (χ1v) is 11.2. The average molecular weight is 387 g/mol. The molecule has 3 unspecified atom stereocenters. The summed E-state index contributed by atoms with van der Waals surface area (Å²) >= 11 is 0. The van der Waals surface area contributed by atoms with Crippen LogP contribution in [0.25, 0.3) is 0 Å². The van der Waals surface area contributed by atoms with Crippen LogP contribution in [0.1, 0.15) is 67.2 Å². The van der Waals surface area contributed by atoms with Crippen LogP contribution in [0.4, 0.5) is 0 Å². The van der Waals surface area contributed by atoms with E-state index in [0.29, 0.717) is 12.3 Å². The summed E-state index contributed by atoms with van der Waals surface area (Å²) < 4.78 is 11.9. The van der Waals surface area contributed by atoms with Crippen LogP contribution in [-0.4, -0.2) is 51.7 Å². The molecule has 1 saturated carbocycles. The van der Waals surface area contributed by atoms with Gasteiger partial charge in [-0.15, -0.1) is 0 Å². The van der Waals surface area contributed by atoms with E-state index in [1.54, 1.807) is 0 Å². The second kappa shape index (κ2) is 10.9. The molecule has 3 atom stereocenters. The number of aliphatic imine (C=N–C) groups is 1. The van der Waals surface area contributed by atoms with Gasteiger partial charge in [0, 0.05) is 45.8 Å². The van der Waals surface area contributed by atoms with Gasteiger partial charge in [-0.3, -0.25) is 14.0 Å². The van der Waals surface area contributed by atoms with Crippen LogP contribution in [0, 0.1) is 5.92 Å². The van der Waals surface area contributed by atoms with Crippen LogP contribution in [0.15, 0.2) is 4.99 Å². The highest BCUT2D eigenvalue weighted by Gasteiger charge is 2.28. The van der Waals surface area contributed by atoms with Crippen molar-refractivity contribution < 1.29 is 9.00 Å². The van der Waals surface area contributed by atoms with Gasteiger partial charge in [-0.1, -0.05) is 6.42 Å². The van der Waals surface area contributed by atoms with E-state index in [1.165, 1.54) is 0 Å². The summed E-state index contributed by atoms with van der Waals surface area (Å²) in [6.45, 7) is 13.3. The van der Waals surface area contributed by atoms with Gasteiger partial charge in [0.15, 0.2) is 5.96 Å². The molecule has 0 aromatic rings. The fourth-order valence-electron chi connectivity index (χ4n) is 3.02. The fraction of sp³-hybridized carbons (Fsp3) is 0.895. The SMILES string of the molecule is CCNC(=NCCS(=O)C(C)(C)C)NC1CCCC(C(=O)NC(C)C)C1. The zero-order valence-corrected chi connectivity index (χ0v) is 18.2. The molecule has 1 aliphatic carbocycles. The zero-order valence-electron chi connectivity index (χ0n) is 17.4. The maximum absolute atomic E-state index is 12.3. The van der Waals surface area contributed by atoms with Crippen LogP contribution in [0.5, 0.6) is 0 Å². The first-order chi connectivity index (χ1) is 12.1. The van der Waals surface area contributed by atoms with Crippen molar-refractivity contribution in [1.82, 2.24) is 16.0 Å². The van der Waals surface area contributed by atoms with E-state index in [4.69, 9.17) is 0 Å².